The van der Waals surface area contributed by atoms with Crippen molar-refractivity contribution < 1.29 is 9.59 Å². The van der Waals surface area contributed by atoms with Gasteiger partial charge in [-0.2, -0.15) is 0 Å². The molecule has 0 spiro atoms. The smallest absolute Gasteiger partial charge is 0.325 e. The highest BCUT2D eigenvalue weighted by atomic mass is 16.2. The summed E-state index contributed by atoms with van der Waals surface area (Å²) in [4.78, 5) is 23.3. The van der Waals surface area contributed by atoms with Gasteiger partial charge in [0.1, 0.15) is 0 Å². The average Bonchev–Trinajstić information content (AvgIpc) is 2.24. The minimum atomic E-state index is -0.418. The van der Waals surface area contributed by atoms with Crippen molar-refractivity contribution in [2.45, 2.75) is 34.6 Å². The summed E-state index contributed by atoms with van der Waals surface area (Å²) in [5.41, 5.74) is 3.21. The molecular weight excluding hydrogens is 216 g/mol. The lowest BCUT2D eigenvalue weighted by atomic mass is 10.2. The Kier molecular flexibility index (Phi) is 6.94. The quantitative estimate of drug-likeness (QED) is 0.589. The van der Waals surface area contributed by atoms with Crippen LogP contribution in [-0.2, 0) is 4.79 Å². The van der Waals surface area contributed by atoms with E-state index in [9.17, 15) is 9.59 Å². The first-order valence-electron chi connectivity index (χ1n) is 5.58. The first-order valence-corrected chi connectivity index (χ1v) is 5.58. The van der Waals surface area contributed by atoms with Crippen molar-refractivity contribution in [1.29, 1.82) is 0 Å². The lowest BCUT2D eigenvalue weighted by molar-refractivity contribution is 0.222. The van der Waals surface area contributed by atoms with Crippen LogP contribution in [-0.4, -0.2) is 30.4 Å². The molecule has 4 nitrogen and oxygen atoms in total. The molecule has 0 aromatic rings. The molecule has 0 bridgehead atoms. The Morgan fingerprint density at radius 3 is 2.24 bits per heavy atom. The van der Waals surface area contributed by atoms with Gasteiger partial charge in [-0.15, -0.1) is 0 Å². The van der Waals surface area contributed by atoms with E-state index in [0.717, 1.165) is 21.6 Å². The van der Waals surface area contributed by atoms with E-state index in [2.05, 4.69) is 5.32 Å². The van der Waals surface area contributed by atoms with Crippen molar-refractivity contribution in [2.75, 3.05) is 13.1 Å². The summed E-state index contributed by atoms with van der Waals surface area (Å²) >= 11 is 0. The molecule has 0 unspecified atom stereocenters. The lowest BCUT2D eigenvalue weighted by Crippen LogP contribution is -2.40. The Hall–Kier alpha value is -1.58. The average molecular weight is 237 g/mol. The van der Waals surface area contributed by atoms with Gasteiger partial charge in [-0.25, -0.2) is 4.79 Å². The van der Waals surface area contributed by atoms with Gasteiger partial charge in [0.2, 0.25) is 0 Å². The van der Waals surface area contributed by atoms with Gasteiger partial charge in [0.25, 0.3) is 0 Å². The van der Waals surface area contributed by atoms with Crippen LogP contribution < -0.4 is 5.32 Å². The van der Waals surface area contributed by atoms with Crippen molar-refractivity contribution in [3.05, 3.63) is 22.8 Å². The van der Waals surface area contributed by atoms with Gasteiger partial charge in [0, 0.05) is 6.54 Å². The van der Waals surface area contributed by atoms with E-state index in [4.69, 9.17) is 0 Å². The summed E-state index contributed by atoms with van der Waals surface area (Å²) < 4.78 is 0. The van der Waals surface area contributed by atoms with E-state index < -0.39 is 6.03 Å². The number of hydrogen-bond donors (Lipinski definition) is 1. The molecule has 95 valence electrons. The SMILES string of the molecule is CC(C)=CCNC(=O)N([C]=O)CC(C)=C(C)C. The molecule has 0 aromatic carbocycles. The van der Waals surface area contributed by atoms with Crippen molar-refractivity contribution in [1.82, 2.24) is 10.2 Å². The second-order valence-electron chi connectivity index (χ2n) is 4.43. The third-order valence-corrected chi connectivity index (χ3v) is 2.37. The molecule has 0 aliphatic rings. The second kappa shape index (κ2) is 7.65. The van der Waals surface area contributed by atoms with E-state index in [1.807, 2.05) is 40.7 Å². The van der Waals surface area contributed by atoms with Crippen LogP contribution in [0.4, 0.5) is 4.79 Å². The largest absolute Gasteiger partial charge is 0.334 e. The number of carbonyl (C=O) groups is 1. The molecule has 4 heteroatoms. The fraction of sp³-hybridized carbons (Fsp3) is 0.538. The molecule has 0 atom stereocenters. The molecule has 0 aromatic heterocycles. The Morgan fingerprint density at radius 2 is 1.82 bits per heavy atom. The summed E-state index contributed by atoms with van der Waals surface area (Å²) in [6.45, 7) is 10.4. The Morgan fingerprint density at radius 1 is 1.24 bits per heavy atom. The summed E-state index contributed by atoms with van der Waals surface area (Å²) in [5, 5.41) is 2.63. The number of rotatable bonds is 5. The zero-order valence-electron chi connectivity index (χ0n) is 11.3. The Bertz CT molecular complexity index is 335. The van der Waals surface area contributed by atoms with Gasteiger partial charge < -0.3 is 5.32 Å². The molecule has 0 aliphatic heterocycles. The monoisotopic (exact) mass is 237 g/mol. The van der Waals surface area contributed by atoms with Crippen LogP contribution in [0.1, 0.15) is 34.6 Å². The van der Waals surface area contributed by atoms with Gasteiger partial charge >= 0.3 is 12.4 Å². The van der Waals surface area contributed by atoms with E-state index in [1.165, 1.54) is 0 Å². The summed E-state index contributed by atoms with van der Waals surface area (Å²) in [7, 11) is 0. The molecular formula is C13H21N2O2. The van der Waals surface area contributed by atoms with Crippen LogP contribution in [0.25, 0.3) is 0 Å². The normalized spacial score (nSPS) is 9.24. The fourth-order valence-corrected chi connectivity index (χ4v) is 0.979. The van der Waals surface area contributed by atoms with Crippen LogP contribution >= 0.6 is 0 Å². The van der Waals surface area contributed by atoms with Crippen molar-refractivity contribution in [2.24, 2.45) is 0 Å². The van der Waals surface area contributed by atoms with Gasteiger partial charge in [-0.3, -0.25) is 9.69 Å². The van der Waals surface area contributed by atoms with Crippen molar-refractivity contribution in [3.8, 4) is 0 Å². The van der Waals surface area contributed by atoms with Gasteiger partial charge in [-0.05, 0) is 34.6 Å². The minimum Gasteiger partial charge on any atom is -0.334 e. The van der Waals surface area contributed by atoms with Gasteiger partial charge in [0.15, 0.2) is 0 Å². The van der Waals surface area contributed by atoms with Crippen LogP contribution in [0.3, 0.4) is 0 Å². The van der Waals surface area contributed by atoms with Crippen LogP contribution in [0, 0.1) is 0 Å². The predicted octanol–water partition coefficient (Wildman–Crippen LogP) is 2.39. The predicted molar refractivity (Wildman–Crippen MR) is 69.3 cm³/mol. The molecule has 3 amide bonds. The van der Waals surface area contributed by atoms with E-state index in [0.29, 0.717) is 6.54 Å². The topological polar surface area (TPSA) is 49.4 Å². The van der Waals surface area contributed by atoms with Crippen molar-refractivity contribution >= 4 is 12.4 Å². The molecule has 0 aliphatic carbocycles. The third-order valence-electron chi connectivity index (χ3n) is 2.37. The minimum absolute atomic E-state index is 0.284. The summed E-state index contributed by atoms with van der Waals surface area (Å²) in [6, 6.07) is -0.418. The molecule has 0 fully saturated rings. The number of nitrogens with zero attached hydrogens (tertiary/aromatic N) is 1. The number of amides is 3. The Labute approximate surface area is 103 Å². The van der Waals surface area contributed by atoms with Crippen molar-refractivity contribution in [3.63, 3.8) is 0 Å². The van der Waals surface area contributed by atoms with E-state index >= 15 is 0 Å². The van der Waals surface area contributed by atoms with Gasteiger partial charge in [0.05, 0.1) is 6.54 Å². The maximum absolute atomic E-state index is 11.6. The van der Waals surface area contributed by atoms with E-state index in [1.54, 1.807) is 6.41 Å². The lowest BCUT2D eigenvalue weighted by Gasteiger charge is -2.16. The summed E-state index contributed by atoms with van der Waals surface area (Å²) in [6.07, 6.45) is 3.53. The zero-order chi connectivity index (χ0) is 13.4. The van der Waals surface area contributed by atoms with Crippen LogP contribution in [0.2, 0.25) is 0 Å². The number of imide groups is 1. The highest BCUT2D eigenvalue weighted by Gasteiger charge is 2.13. The molecule has 1 N–H and O–H groups in total. The number of allylic oxidation sites excluding steroid dienone is 2. The maximum atomic E-state index is 11.6. The van der Waals surface area contributed by atoms with Crippen LogP contribution in [0.5, 0.6) is 0 Å². The summed E-state index contributed by atoms with van der Waals surface area (Å²) in [5.74, 6) is 0. The van der Waals surface area contributed by atoms with Crippen LogP contribution in [0.15, 0.2) is 22.8 Å². The Balaban J connectivity index is 4.37. The first-order chi connectivity index (χ1) is 7.88. The standard InChI is InChI=1S/C13H21N2O2/c1-10(2)6-7-14-13(17)15(9-16)8-12(5)11(3)4/h6H,7-8H2,1-5H3,(H,14,17). The number of hydrogen-bond acceptors (Lipinski definition) is 2. The number of carbonyl (C=O) groups excluding carboxylic acids is 2. The highest BCUT2D eigenvalue weighted by molar-refractivity contribution is 5.85. The molecule has 17 heavy (non-hydrogen) atoms. The second-order valence-corrected chi connectivity index (χ2v) is 4.43. The number of urea groups is 1. The van der Waals surface area contributed by atoms with Gasteiger partial charge in [-0.1, -0.05) is 22.8 Å². The third kappa shape index (κ3) is 6.56. The molecule has 0 saturated carbocycles. The molecule has 0 heterocycles. The molecule has 1 radical (unpaired) electrons. The first kappa shape index (κ1) is 15.4. The van der Waals surface area contributed by atoms with E-state index in [-0.39, 0.29) is 6.54 Å². The maximum Gasteiger partial charge on any atom is 0.325 e. The fourth-order valence-electron chi connectivity index (χ4n) is 0.979. The highest BCUT2D eigenvalue weighted by Crippen LogP contribution is 2.03. The number of nitrogens with one attached hydrogen (secondary N) is 1. The molecule has 0 saturated heterocycles. The molecule has 0 rings (SSSR count). The zero-order valence-corrected chi connectivity index (χ0v) is 11.3.